The van der Waals surface area contributed by atoms with Gasteiger partial charge in [-0.05, 0) is 12.5 Å². The maximum atomic E-state index is 11.1. The van der Waals surface area contributed by atoms with Crippen LogP contribution >= 0.6 is 0 Å². The molecule has 0 radical (unpaired) electrons. The Hall–Kier alpha value is -2.37. The summed E-state index contributed by atoms with van der Waals surface area (Å²) in [5.41, 5.74) is 0.261. The molecule has 0 amide bonds. The fraction of sp³-hybridized carbons (Fsp3) is 0.357. The van der Waals surface area contributed by atoms with Crippen molar-refractivity contribution in [1.82, 2.24) is 4.98 Å². The van der Waals surface area contributed by atoms with E-state index in [1.807, 2.05) is 6.92 Å². The standard InChI is InChI=1S/C14H18N2O4/c1-4-9(2)13(17)11(14(18)19)8-15-10-5-6-12(20-3)16-7-10/h5-9,17H,4H2,1-3H3,(H,18,19). The van der Waals surface area contributed by atoms with Gasteiger partial charge >= 0.3 is 5.97 Å². The van der Waals surface area contributed by atoms with Crippen LogP contribution in [-0.2, 0) is 4.79 Å². The molecule has 1 heterocycles. The number of pyridine rings is 1. The van der Waals surface area contributed by atoms with Crippen LogP contribution in [0.5, 0.6) is 5.88 Å². The fourth-order valence-corrected chi connectivity index (χ4v) is 1.40. The van der Waals surface area contributed by atoms with E-state index < -0.39 is 5.97 Å². The second-order valence-electron chi connectivity index (χ2n) is 4.23. The number of allylic oxidation sites excluding steroid dienone is 1. The summed E-state index contributed by atoms with van der Waals surface area (Å²) in [5.74, 6) is -1.18. The summed E-state index contributed by atoms with van der Waals surface area (Å²) in [7, 11) is 1.50. The fourth-order valence-electron chi connectivity index (χ4n) is 1.40. The SMILES string of the molecule is CCC(C)C(O)=C(C=Nc1ccc(OC)nc1)C(=O)O. The smallest absolute Gasteiger partial charge is 0.340 e. The summed E-state index contributed by atoms with van der Waals surface area (Å²) >= 11 is 0. The van der Waals surface area contributed by atoms with E-state index >= 15 is 0 Å². The number of aliphatic imine (C=N–C) groups is 1. The lowest BCUT2D eigenvalue weighted by molar-refractivity contribution is -0.132. The molecular formula is C14H18N2O4. The van der Waals surface area contributed by atoms with E-state index in [0.717, 1.165) is 6.21 Å². The average Bonchev–Trinajstić information content (AvgIpc) is 2.46. The predicted octanol–water partition coefficient (Wildman–Crippen LogP) is 2.74. The summed E-state index contributed by atoms with van der Waals surface area (Å²) in [5, 5.41) is 19.0. The van der Waals surface area contributed by atoms with Crippen LogP contribution in [-0.4, -0.2) is 34.5 Å². The Morgan fingerprint density at radius 1 is 1.50 bits per heavy atom. The number of methoxy groups -OCH3 is 1. The molecule has 1 rings (SSSR count). The minimum absolute atomic E-state index is 0.176. The van der Waals surface area contributed by atoms with Gasteiger partial charge in [-0.3, -0.25) is 4.99 Å². The van der Waals surface area contributed by atoms with Gasteiger partial charge in [-0.25, -0.2) is 9.78 Å². The molecule has 0 bridgehead atoms. The van der Waals surface area contributed by atoms with E-state index in [1.54, 1.807) is 19.1 Å². The Kier molecular flexibility index (Phi) is 5.71. The first-order chi connectivity index (χ1) is 9.49. The first-order valence-corrected chi connectivity index (χ1v) is 6.20. The van der Waals surface area contributed by atoms with E-state index in [4.69, 9.17) is 9.84 Å². The van der Waals surface area contributed by atoms with Crippen molar-refractivity contribution in [3.8, 4) is 5.88 Å². The summed E-state index contributed by atoms with van der Waals surface area (Å²) in [6.07, 6.45) is 3.23. The van der Waals surface area contributed by atoms with Gasteiger partial charge in [0, 0.05) is 18.2 Å². The maximum Gasteiger partial charge on any atom is 0.340 e. The van der Waals surface area contributed by atoms with Gasteiger partial charge in [-0.15, -0.1) is 0 Å². The van der Waals surface area contributed by atoms with Crippen molar-refractivity contribution in [3.63, 3.8) is 0 Å². The zero-order valence-electron chi connectivity index (χ0n) is 11.7. The first kappa shape index (κ1) is 15.7. The van der Waals surface area contributed by atoms with E-state index in [-0.39, 0.29) is 17.3 Å². The molecule has 0 fully saturated rings. The third-order valence-electron chi connectivity index (χ3n) is 2.86. The quantitative estimate of drug-likeness (QED) is 0.474. The summed E-state index contributed by atoms with van der Waals surface area (Å²) < 4.78 is 4.91. The molecular weight excluding hydrogens is 260 g/mol. The predicted molar refractivity (Wildman–Crippen MR) is 75.7 cm³/mol. The molecule has 108 valence electrons. The Morgan fingerprint density at radius 2 is 2.20 bits per heavy atom. The van der Waals surface area contributed by atoms with Crippen LogP contribution in [0.3, 0.4) is 0 Å². The normalized spacial score (nSPS) is 13.9. The molecule has 0 aliphatic heterocycles. The second-order valence-corrected chi connectivity index (χ2v) is 4.23. The van der Waals surface area contributed by atoms with Crippen molar-refractivity contribution < 1.29 is 19.7 Å². The van der Waals surface area contributed by atoms with Gasteiger partial charge in [0.25, 0.3) is 0 Å². The van der Waals surface area contributed by atoms with Crippen LogP contribution in [0.15, 0.2) is 34.7 Å². The van der Waals surface area contributed by atoms with Crippen LogP contribution in [0.4, 0.5) is 5.69 Å². The number of aliphatic hydroxyl groups is 1. The molecule has 0 saturated carbocycles. The van der Waals surface area contributed by atoms with Gasteiger partial charge < -0.3 is 14.9 Å². The Morgan fingerprint density at radius 3 is 2.65 bits per heavy atom. The van der Waals surface area contributed by atoms with Crippen molar-refractivity contribution in [2.75, 3.05) is 7.11 Å². The molecule has 6 nitrogen and oxygen atoms in total. The van der Waals surface area contributed by atoms with Crippen molar-refractivity contribution in [2.45, 2.75) is 20.3 Å². The van der Waals surface area contributed by atoms with Gasteiger partial charge in [0.05, 0.1) is 19.0 Å². The van der Waals surface area contributed by atoms with Gasteiger partial charge in [0.1, 0.15) is 11.3 Å². The van der Waals surface area contributed by atoms with Crippen LogP contribution < -0.4 is 4.74 Å². The molecule has 1 aromatic heterocycles. The number of carboxylic acids is 1. The maximum absolute atomic E-state index is 11.1. The monoisotopic (exact) mass is 278 g/mol. The second kappa shape index (κ2) is 7.28. The molecule has 0 aliphatic carbocycles. The van der Waals surface area contributed by atoms with Crippen LogP contribution in [0.2, 0.25) is 0 Å². The Bertz CT molecular complexity index is 520. The lowest BCUT2D eigenvalue weighted by atomic mass is 10.0. The molecule has 1 unspecified atom stereocenters. The van der Waals surface area contributed by atoms with Crippen molar-refractivity contribution in [3.05, 3.63) is 29.7 Å². The van der Waals surface area contributed by atoms with Gasteiger partial charge in [0.15, 0.2) is 0 Å². The molecule has 1 atom stereocenters. The van der Waals surface area contributed by atoms with Crippen molar-refractivity contribution in [2.24, 2.45) is 10.9 Å². The number of aromatic nitrogens is 1. The number of hydrogen-bond acceptors (Lipinski definition) is 5. The summed E-state index contributed by atoms with van der Waals surface area (Å²) in [4.78, 5) is 19.1. The highest BCUT2D eigenvalue weighted by Crippen LogP contribution is 2.17. The molecule has 2 N–H and O–H groups in total. The number of rotatable bonds is 6. The van der Waals surface area contributed by atoms with E-state index in [9.17, 15) is 9.90 Å². The highest BCUT2D eigenvalue weighted by Gasteiger charge is 2.16. The summed E-state index contributed by atoms with van der Waals surface area (Å²) in [6.45, 7) is 3.62. The highest BCUT2D eigenvalue weighted by atomic mass is 16.5. The number of aliphatic carboxylic acids is 1. The zero-order chi connectivity index (χ0) is 15.1. The number of carbonyl (C=O) groups is 1. The summed E-state index contributed by atoms with van der Waals surface area (Å²) in [6, 6.07) is 3.26. The van der Waals surface area contributed by atoms with Crippen LogP contribution in [0.1, 0.15) is 20.3 Å². The van der Waals surface area contributed by atoms with Crippen molar-refractivity contribution in [1.29, 1.82) is 0 Å². The lowest BCUT2D eigenvalue weighted by Gasteiger charge is -2.09. The topological polar surface area (TPSA) is 92.0 Å². The van der Waals surface area contributed by atoms with Crippen molar-refractivity contribution >= 4 is 17.9 Å². The third-order valence-corrected chi connectivity index (χ3v) is 2.86. The lowest BCUT2D eigenvalue weighted by Crippen LogP contribution is -2.10. The van der Waals surface area contributed by atoms with Gasteiger partial charge in [0.2, 0.25) is 5.88 Å². The van der Waals surface area contributed by atoms with Crippen LogP contribution in [0, 0.1) is 5.92 Å². The molecule has 0 spiro atoms. The molecule has 0 aliphatic rings. The number of aliphatic hydroxyl groups excluding tert-OH is 1. The van der Waals surface area contributed by atoms with Crippen LogP contribution in [0.25, 0.3) is 0 Å². The highest BCUT2D eigenvalue weighted by molar-refractivity contribution is 6.09. The van der Waals surface area contributed by atoms with Gasteiger partial charge in [-0.1, -0.05) is 13.8 Å². The largest absolute Gasteiger partial charge is 0.511 e. The minimum Gasteiger partial charge on any atom is -0.511 e. The molecule has 0 saturated heterocycles. The van der Waals surface area contributed by atoms with E-state index in [1.165, 1.54) is 13.3 Å². The average molecular weight is 278 g/mol. The first-order valence-electron chi connectivity index (χ1n) is 6.20. The molecule has 0 aromatic carbocycles. The number of carboxylic acid groups (broad SMARTS) is 1. The third kappa shape index (κ3) is 4.08. The van der Waals surface area contributed by atoms with Gasteiger partial charge in [-0.2, -0.15) is 0 Å². The Balaban J connectivity index is 3.00. The minimum atomic E-state index is -1.21. The zero-order valence-corrected chi connectivity index (χ0v) is 11.7. The van der Waals surface area contributed by atoms with E-state index in [2.05, 4.69) is 9.98 Å². The Labute approximate surface area is 117 Å². The number of ether oxygens (including phenoxy) is 1. The molecule has 20 heavy (non-hydrogen) atoms. The molecule has 1 aromatic rings. The number of hydrogen-bond donors (Lipinski definition) is 2. The van der Waals surface area contributed by atoms with E-state index in [0.29, 0.717) is 18.0 Å². The number of nitrogens with zero attached hydrogens (tertiary/aromatic N) is 2. The molecule has 6 heteroatoms.